The van der Waals surface area contributed by atoms with Crippen LogP contribution in [0.25, 0.3) is 0 Å². The molecule has 0 amide bonds. The Balaban J connectivity index is 2.01. The van der Waals surface area contributed by atoms with Crippen molar-refractivity contribution in [3.63, 3.8) is 0 Å². The molecule has 0 bridgehead atoms. The summed E-state index contributed by atoms with van der Waals surface area (Å²) < 4.78 is 0.729. The van der Waals surface area contributed by atoms with Gasteiger partial charge < -0.3 is 5.32 Å². The number of rotatable bonds is 4. The fraction of sp³-hybridized carbons (Fsp3) is 0.500. The first-order valence-corrected chi connectivity index (χ1v) is 7.80. The van der Waals surface area contributed by atoms with Crippen molar-refractivity contribution in [1.82, 2.24) is 0 Å². The Labute approximate surface area is 119 Å². The first kappa shape index (κ1) is 13.7. The van der Waals surface area contributed by atoms with Crippen molar-refractivity contribution in [2.24, 2.45) is 0 Å². The number of hydrogen-bond donors (Lipinski definition) is 1. The minimum atomic E-state index is -0.346. The summed E-state index contributed by atoms with van der Waals surface area (Å²) in [7, 11) is 0. The molecular formula is C12H15BrN2O2S. The van der Waals surface area contributed by atoms with Gasteiger partial charge in [0.15, 0.2) is 0 Å². The van der Waals surface area contributed by atoms with E-state index in [1.54, 1.807) is 6.07 Å². The van der Waals surface area contributed by atoms with Gasteiger partial charge in [-0.2, -0.15) is 11.8 Å². The van der Waals surface area contributed by atoms with E-state index in [0.29, 0.717) is 10.9 Å². The molecule has 6 heteroatoms. The number of benzene rings is 1. The highest BCUT2D eigenvalue weighted by Crippen LogP contribution is 2.30. The molecule has 1 aliphatic heterocycles. The molecule has 1 N–H and O–H groups in total. The van der Waals surface area contributed by atoms with Crippen LogP contribution in [0.15, 0.2) is 22.7 Å². The topological polar surface area (TPSA) is 55.2 Å². The highest BCUT2D eigenvalue weighted by molar-refractivity contribution is 9.10. The van der Waals surface area contributed by atoms with Gasteiger partial charge in [0, 0.05) is 22.3 Å². The fourth-order valence-electron chi connectivity index (χ4n) is 2.00. The maximum atomic E-state index is 11.0. The van der Waals surface area contributed by atoms with Crippen molar-refractivity contribution < 1.29 is 4.92 Å². The summed E-state index contributed by atoms with van der Waals surface area (Å²) in [6.45, 7) is 0.799. The third-order valence-corrected chi connectivity index (χ3v) is 4.84. The van der Waals surface area contributed by atoms with Crippen molar-refractivity contribution in [3.05, 3.63) is 32.8 Å². The number of halogens is 1. The van der Waals surface area contributed by atoms with Crippen LogP contribution >= 0.6 is 27.7 Å². The number of nitro benzene ring substituents is 1. The Morgan fingerprint density at radius 1 is 1.50 bits per heavy atom. The molecule has 1 aliphatic rings. The second kappa shape index (κ2) is 6.43. The lowest BCUT2D eigenvalue weighted by Crippen LogP contribution is -2.20. The van der Waals surface area contributed by atoms with Crippen molar-refractivity contribution in [1.29, 1.82) is 0 Å². The van der Waals surface area contributed by atoms with Crippen LogP contribution in [-0.4, -0.2) is 22.5 Å². The summed E-state index contributed by atoms with van der Waals surface area (Å²) in [4.78, 5) is 10.6. The van der Waals surface area contributed by atoms with Gasteiger partial charge >= 0.3 is 0 Å². The minimum absolute atomic E-state index is 0.130. The molecule has 1 aromatic rings. The Bertz CT molecular complexity index is 436. The van der Waals surface area contributed by atoms with E-state index in [-0.39, 0.29) is 10.6 Å². The van der Waals surface area contributed by atoms with Crippen LogP contribution in [-0.2, 0) is 0 Å². The number of nitrogens with zero attached hydrogens (tertiary/aromatic N) is 1. The molecule has 1 aromatic carbocycles. The van der Waals surface area contributed by atoms with Crippen molar-refractivity contribution in [2.45, 2.75) is 24.5 Å². The van der Waals surface area contributed by atoms with Gasteiger partial charge in [0.1, 0.15) is 5.69 Å². The number of nitro groups is 1. The summed E-state index contributed by atoms with van der Waals surface area (Å²) in [5, 5.41) is 14.7. The van der Waals surface area contributed by atoms with Gasteiger partial charge in [0.05, 0.1) is 4.92 Å². The van der Waals surface area contributed by atoms with Crippen LogP contribution in [0.5, 0.6) is 0 Å². The predicted octanol–water partition coefficient (Wildman–Crippen LogP) is 4.05. The minimum Gasteiger partial charge on any atom is -0.378 e. The quantitative estimate of drug-likeness (QED) is 0.668. The molecule has 18 heavy (non-hydrogen) atoms. The average Bonchev–Trinajstić information content (AvgIpc) is 2.38. The van der Waals surface area contributed by atoms with E-state index in [4.69, 9.17) is 0 Å². The molecule has 0 spiro atoms. The average molecular weight is 331 g/mol. The lowest BCUT2D eigenvalue weighted by Gasteiger charge is -2.21. The molecule has 0 radical (unpaired) electrons. The zero-order chi connectivity index (χ0) is 13.0. The molecule has 0 saturated carbocycles. The predicted molar refractivity (Wildman–Crippen MR) is 79.4 cm³/mol. The van der Waals surface area contributed by atoms with Gasteiger partial charge in [0.25, 0.3) is 5.69 Å². The van der Waals surface area contributed by atoms with Crippen molar-refractivity contribution in [3.8, 4) is 0 Å². The van der Waals surface area contributed by atoms with Crippen LogP contribution in [0.1, 0.15) is 19.3 Å². The standard InChI is InChI=1S/C12H15BrN2O2S/c13-9-4-5-11(12(7-9)15(16)17)14-8-10-3-1-2-6-18-10/h4-5,7,10,14H,1-3,6,8H2. The molecule has 1 saturated heterocycles. The third-order valence-electron chi connectivity index (χ3n) is 2.95. The smallest absolute Gasteiger partial charge is 0.293 e. The second-order valence-corrected chi connectivity index (χ2v) is 6.61. The number of anilines is 1. The lowest BCUT2D eigenvalue weighted by atomic mass is 10.2. The van der Waals surface area contributed by atoms with E-state index in [2.05, 4.69) is 21.2 Å². The summed E-state index contributed by atoms with van der Waals surface area (Å²) in [6, 6.07) is 5.12. The van der Waals surface area contributed by atoms with Crippen LogP contribution in [0.2, 0.25) is 0 Å². The fourth-order valence-corrected chi connectivity index (χ4v) is 3.59. The Kier molecular flexibility index (Phi) is 4.88. The van der Waals surface area contributed by atoms with Gasteiger partial charge in [-0.05, 0) is 30.7 Å². The SMILES string of the molecule is O=[N+]([O-])c1cc(Br)ccc1NCC1CCCCS1. The van der Waals surface area contributed by atoms with Crippen LogP contribution in [0, 0.1) is 10.1 Å². The summed E-state index contributed by atoms with van der Waals surface area (Å²) in [5.41, 5.74) is 0.736. The highest BCUT2D eigenvalue weighted by atomic mass is 79.9. The van der Waals surface area contributed by atoms with E-state index in [1.807, 2.05) is 17.8 Å². The van der Waals surface area contributed by atoms with Gasteiger partial charge in [-0.3, -0.25) is 10.1 Å². The van der Waals surface area contributed by atoms with E-state index in [9.17, 15) is 10.1 Å². The van der Waals surface area contributed by atoms with Crippen LogP contribution in [0.4, 0.5) is 11.4 Å². The molecule has 98 valence electrons. The van der Waals surface area contributed by atoms with E-state index < -0.39 is 0 Å². The van der Waals surface area contributed by atoms with E-state index >= 15 is 0 Å². The zero-order valence-electron chi connectivity index (χ0n) is 9.89. The Hall–Kier alpha value is -0.750. The first-order valence-electron chi connectivity index (χ1n) is 5.96. The van der Waals surface area contributed by atoms with Crippen molar-refractivity contribution >= 4 is 39.1 Å². The molecule has 1 heterocycles. The number of nitrogens with one attached hydrogen (secondary N) is 1. The Morgan fingerprint density at radius 2 is 2.33 bits per heavy atom. The highest BCUT2D eigenvalue weighted by Gasteiger charge is 2.17. The molecule has 0 aromatic heterocycles. The van der Waals surface area contributed by atoms with Crippen LogP contribution < -0.4 is 5.32 Å². The Morgan fingerprint density at radius 3 is 3.00 bits per heavy atom. The maximum Gasteiger partial charge on any atom is 0.293 e. The number of hydrogen-bond acceptors (Lipinski definition) is 4. The molecule has 2 rings (SSSR count). The molecule has 1 atom stereocenters. The molecule has 1 fully saturated rings. The third kappa shape index (κ3) is 3.62. The first-order chi connectivity index (χ1) is 8.66. The molecule has 0 aliphatic carbocycles. The van der Waals surface area contributed by atoms with Gasteiger partial charge in [-0.15, -0.1) is 0 Å². The zero-order valence-corrected chi connectivity index (χ0v) is 12.3. The van der Waals surface area contributed by atoms with Gasteiger partial charge in [0.2, 0.25) is 0 Å². The van der Waals surface area contributed by atoms with Crippen LogP contribution in [0.3, 0.4) is 0 Å². The second-order valence-electron chi connectivity index (χ2n) is 4.29. The monoisotopic (exact) mass is 330 g/mol. The van der Waals surface area contributed by atoms with E-state index in [0.717, 1.165) is 11.0 Å². The van der Waals surface area contributed by atoms with E-state index in [1.165, 1.54) is 31.1 Å². The normalized spacial score (nSPS) is 19.5. The summed E-state index contributed by atoms with van der Waals surface area (Å²) >= 11 is 5.21. The summed E-state index contributed by atoms with van der Waals surface area (Å²) in [5.74, 6) is 1.20. The maximum absolute atomic E-state index is 11.0. The van der Waals surface area contributed by atoms with Gasteiger partial charge in [-0.25, -0.2) is 0 Å². The molecular weight excluding hydrogens is 316 g/mol. The number of thioether (sulfide) groups is 1. The lowest BCUT2D eigenvalue weighted by molar-refractivity contribution is -0.384. The van der Waals surface area contributed by atoms with Crippen molar-refractivity contribution in [2.75, 3.05) is 17.6 Å². The molecule has 4 nitrogen and oxygen atoms in total. The molecule has 1 unspecified atom stereocenters. The largest absolute Gasteiger partial charge is 0.378 e. The summed E-state index contributed by atoms with van der Waals surface area (Å²) in [6.07, 6.45) is 3.75. The van der Waals surface area contributed by atoms with Gasteiger partial charge in [-0.1, -0.05) is 22.4 Å².